The van der Waals surface area contributed by atoms with Crippen LogP contribution in [0.2, 0.25) is 5.02 Å². The van der Waals surface area contributed by atoms with E-state index in [0.29, 0.717) is 29.5 Å². The first-order valence-corrected chi connectivity index (χ1v) is 8.30. The van der Waals surface area contributed by atoms with Crippen LogP contribution in [0, 0.1) is 0 Å². The molecule has 2 rings (SSSR count). The lowest BCUT2D eigenvalue weighted by atomic mass is 10.1. The van der Waals surface area contributed by atoms with Crippen molar-refractivity contribution < 1.29 is 18.7 Å². The molecule has 0 spiro atoms. The van der Waals surface area contributed by atoms with Crippen LogP contribution in [0.3, 0.4) is 0 Å². The maximum Gasteiger partial charge on any atom is 0.305 e. The summed E-state index contributed by atoms with van der Waals surface area (Å²) in [7, 11) is 1.35. The maximum atomic E-state index is 11.8. The molecule has 1 amide bonds. The molecule has 1 heterocycles. The molecule has 5 nitrogen and oxygen atoms in total. The lowest BCUT2D eigenvalue weighted by Gasteiger charge is -2.02. The number of carbonyl (C=O) groups is 2. The Balaban J connectivity index is 1.73. The monoisotopic (exact) mass is 361 g/mol. The third-order valence-corrected chi connectivity index (χ3v) is 3.76. The van der Waals surface area contributed by atoms with Crippen LogP contribution in [-0.4, -0.2) is 25.5 Å². The van der Waals surface area contributed by atoms with Crippen molar-refractivity contribution in [3.8, 4) is 0 Å². The Morgan fingerprint density at radius 1 is 1.16 bits per heavy atom. The second-order valence-corrected chi connectivity index (χ2v) is 5.82. The second-order valence-electron chi connectivity index (χ2n) is 5.38. The predicted octanol–water partition coefficient (Wildman–Crippen LogP) is 3.41. The predicted molar refractivity (Wildman–Crippen MR) is 96.2 cm³/mol. The van der Waals surface area contributed by atoms with Gasteiger partial charge in [-0.2, -0.15) is 0 Å². The van der Waals surface area contributed by atoms with E-state index in [1.807, 2.05) is 24.3 Å². The number of furan rings is 1. The van der Waals surface area contributed by atoms with Crippen molar-refractivity contribution >= 4 is 29.6 Å². The molecule has 0 unspecified atom stereocenters. The van der Waals surface area contributed by atoms with Crippen LogP contribution < -0.4 is 5.32 Å². The Labute approximate surface area is 151 Å². The van der Waals surface area contributed by atoms with Crippen LogP contribution >= 0.6 is 11.6 Å². The van der Waals surface area contributed by atoms with Crippen molar-refractivity contribution in [2.75, 3.05) is 13.7 Å². The zero-order valence-corrected chi connectivity index (χ0v) is 14.7. The van der Waals surface area contributed by atoms with Crippen LogP contribution in [0.5, 0.6) is 0 Å². The van der Waals surface area contributed by atoms with Crippen LogP contribution in [0.4, 0.5) is 0 Å². The first kappa shape index (κ1) is 18.8. The lowest BCUT2D eigenvalue weighted by molar-refractivity contribution is -0.140. The van der Waals surface area contributed by atoms with Gasteiger partial charge in [-0.3, -0.25) is 9.59 Å². The van der Waals surface area contributed by atoms with Gasteiger partial charge in [0.25, 0.3) is 0 Å². The van der Waals surface area contributed by atoms with Gasteiger partial charge in [0.15, 0.2) is 0 Å². The van der Waals surface area contributed by atoms with Crippen LogP contribution in [-0.2, 0) is 27.2 Å². The number of halogens is 1. The summed E-state index contributed by atoms with van der Waals surface area (Å²) in [4.78, 5) is 22.9. The molecule has 1 aromatic carbocycles. The van der Waals surface area contributed by atoms with E-state index in [1.165, 1.54) is 13.2 Å². The zero-order valence-electron chi connectivity index (χ0n) is 14.0. The Morgan fingerprint density at radius 2 is 1.92 bits per heavy atom. The standard InChI is InChI=1S/C19H20ClNO4/c1-24-19(23)11-9-17-7-6-16(25-17)8-10-18(22)21-13-12-14-2-4-15(20)5-3-14/h2-8,10H,9,11-13H2,1H3,(H,21,22)/b10-8+. The maximum absolute atomic E-state index is 11.8. The minimum absolute atomic E-state index is 0.193. The van der Waals surface area contributed by atoms with E-state index in [9.17, 15) is 9.59 Å². The molecule has 0 aliphatic heterocycles. The summed E-state index contributed by atoms with van der Waals surface area (Å²) in [5.41, 5.74) is 1.11. The van der Waals surface area contributed by atoms with Crippen molar-refractivity contribution in [3.05, 3.63) is 64.6 Å². The van der Waals surface area contributed by atoms with E-state index in [0.717, 1.165) is 12.0 Å². The van der Waals surface area contributed by atoms with Crippen LogP contribution in [0.15, 0.2) is 46.9 Å². The number of carbonyl (C=O) groups excluding carboxylic acids is 2. The van der Waals surface area contributed by atoms with E-state index in [2.05, 4.69) is 10.1 Å². The van der Waals surface area contributed by atoms with Crippen molar-refractivity contribution in [2.45, 2.75) is 19.3 Å². The van der Waals surface area contributed by atoms with Crippen molar-refractivity contribution in [1.29, 1.82) is 0 Å². The Kier molecular flexibility index (Phi) is 7.29. The summed E-state index contributed by atoms with van der Waals surface area (Å²) >= 11 is 5.83. The molecule has 2 aromatic rings. The molecular weight excluding hydrogens is 342 g/mol. The molecular formula is C19H20ClNO4. The number of ether oxygens (including phenoxy) is 1. The minimum atomic E-state index is -0.284. The number of nitrogens with one attached hydrogen (secondary N) is 1. The molecule has 0 aliphatic carbocycles. The van der Waals surface area contributed by atoms with Crippen molar-refractivity contribution in [3.63, 3.8) is 0 Å². The van der Waals surface area contributed by atoms with Gasteiger partial charge in [0.1, 0.15) is 11.5 Å². The molecule has 25 heavy (non-hydrogen) atoms. The van der Waals surface area contributed by atoms with Gasteiger partial charge in [0, 0.05) is 24.1 Å². The summed E-state index contributed by atoms with van der Waals surface area (Å²) in [6.45, 7) is 0.535. The van der Waals surface area contributed by atoms with E-state index in [1.54, 1.807) is 18.2 Å². The van der Waals surface area contributed by atoms with E-state index in [4.69, 9.17) is 16.0 Å². The number of esters is 1. The molecule has 0 aliphatic rings. The number of methoxy groups -OCH3 is 1. The van der Waals surface area contributed by atoms with Gasteiger partial charge in [-0.05, 0) is 42.3 Å². The van der Waals surface area contributed by atoms with E-state index >= 15 is 0 Å². The summed E-state index contributed by atoms with van der Waals surface area (Å²) in [6.07, 6.45) is 4.48. The van der Waals surface area contributed by atoms with Crippen molar-refractivity contribution in [2.24, 2.45) is 0 Å². The summed E-state index contributed by atoms with van der Waals surface area (Å²) in [5.74, 6) is 0.760. The average Bonchev–Trinajstić information content (AvgIpc) is 3.07. The second kappa shape index (κ2) is 9.69. The van der Waals surface area contributed by atoms with Gasteiger partial charge in [-0.15, -0.1) is 0 Å². The minimum Gasteiger partial charge on any atom is -0.469 e. The molecule has 1 N–H and O–H groups in total. The van der Waals surface area contributed by atoms with Gasteiger partial charge in [0.05, 0.1) is 13.5 Å². The molecule has 0 saturated carbocycles. The Hall–Kier alpha value is -2.53. The topological polar surface area (TPSA) is 68.5 Å². The van der Waals surface area contributed by atoms with E-state index in [-0.39, 0.29) is 18.3 Å². The first-order chi connectivity index (χ1) is 12.1. The van der Waals surface area contributed by atoms with E-state index < -0.39 is 0 Å². The third-order valence-electron chi connectivity index (χ3n) is 3.51. The Morgan fingerprint density at radius 3 is 2.64 bits per heavy atom. The van der Waals surface area contributed by atoms with Gasteiger partial charge < -0.3 is 14.5 Å². The molecule has 0 fully saturated rings. The molecule has 6 heteroatoms. The summed E-state index contributed by atoms with van der Waals surface area (Å²) in [6, 6.07) is 11.1. The number of hydrogen-bond acceptors (Lipinski definition) is 4. The van der Waals surface area contributed by atoms with Crippen LogP contribution in [0.25, 0.3) is 6.08 Å². The quantitative estimate of drug-likeness (QED) is 0.578. The fraction of sp³-hybridized carbons (Fsp3) is 0.263. The first-order valence-electron chi connectivity index (χ1n) is 7.92. The smallest absolute Gasteiger partial charge is 0.305 e. The summed E-state index contributed by atoms with van der Waals surface area (Å²) < 4.78 is 10.1. The molecule has 0 radical (unpaired) electrons. The highest BCUT2D eigenvalue weighted by atomic mass is 35.5. The van der Waals surface area contributed by atoms with Gasteiger partial charge in [-0.1, -0.05) is 23.7 Å². The Bertz CT molecular complexity index is 734. The molecule has 0 atom stereocenters. The lowest BCUT2D eigenvalue weighted by Crippen LogP contribution is -2.23. The van der Waals surface area contributed by atoms with Gasteiger partial charge in [-0.25, -0.2) is 0 Å². The third kappa shape index (κ3) is 6.85. The van der Waals surface area contributed by atoms with Crippen molar-refractivity contribution in [1.82, 2.24) is 5.32 Å². The number of amides is 1. The normalized spacial score (nSPS) is 10.8. The molecule has 0 bridgehead atoms. The average molecular weight is 362 g/mol. The highest BCUT2D eigenvalue weighted by Crippen LogP contribution is 2.12. The number of aryl methyl sites for hydroxylation is 1. The SMILES string of the molecule is COC(=O)CCc1ccc(/C=C/C(=O)NCCc2ccc(Cl)cc2)o1. The highest BCUT2D eigenvalue weighted by Gasteiger charge is 2.05. The fourth-order valence-corrected chi connectivity index (χ4v) is 2.27. The number of benzene rings is 1. The fourth-order valence-electron chi connectivity index (χ4n) is 2.14. The van der Waals surface area contributed by atoms with Gasteiger partial charge in [0.2, 0.25) is 5.91 Å². The highest BCUT2D eigenvalue weighted by molar-refractivity contribution is 6.30. The number of rotatable bonds is 8. The number of hydrogen-bond donors (Lipinski definition) is 1. The molecule has 132 valence electrons. The largest absolute Gasteiger partial charge is 0.469 e. The van der Waals surface area contributed by atoms with Crippen LogP contribution in [0.1, 0.15) is 23.5 Å². The van der Waals surface area contributed by atoms with Gasteiger partial charge >= 0.3 is 5.97 Å². The molecule has 0 saturated heterocycles. The summed E-state index contributed by atoms with van der Waals surface area (Å²) in [5, 5.41) is 3.50. The molecule has 1 aromatic heterocycles. The zero-order chi connectivity index (χ0) is 18.1.